The fourth-order valence-electron chi connectivity index (χ4n) is 12.4. The summed E-state index contributed by atoms with van der Waals surface area (Å²) in [5, 5.41) is 32.0. The van der Waals surface area contributed by atoms with Crippen molar-refractivity contribution in [1.82, 2.24) is 13.7 Å². The largest absolute Gasteiger partial charge is 0.308 e. The van der Waals surface area contributed by atoms with Crippen LogP contribution in [0, 0.1) is 22.7 Å². The fraction of sp³-hybridized carbons (Fsp3) is 0.333. The van der Waals surface area contributed by atoms with Crippen molar-refractivity contribution in [3.63, 3.8) is 0 Å². The van der Waals surface area contributed by atoms with Gasteiger partial charge in [-0.15, -0.1) is 0 Å². The second kappa shape index (κ2) is 20.2. The van der Waals surface area contributed by atoms with Gasteiger partial charge in [0.05, 0.1) is 55.8 Å². The number of hydrogen-bond donors (Lipinski definition) is 0. The summed E-state index contributed by atoms with van der Waals surface area (Å²) in [7, 11) is 0. The van der Waals surface area contributed by atoms with Crippen LogP contribution in [0.25, 0.3) is 82.5 Å². The van der Waals surface area contributed by atoms with Gasteiger partial charge in [0.1, 0.15) is 23.3 Å². The second-order valence-electron chi connectivity index (χ2n) is 29.6. The van der Waals surface area contributed by atoms with E-state index in [9.17, 15) is 10.5 Å². The molecular weight excluding hydrogens is 1020 g/mol. The maximum Gasteiger partial charge on any atom is 0.104 e. The van der Waals surface area contributed by atoms with Gasteiger partial charge >= 0.3 is 0 Å². The van der Waals surface area contributed by atoms with Crippen molar-refractivity contribution in [2.45, 2.75) is 171 Å². The summed E-state index contributed by atoms with van der Waals surface area (Å²) >= 11 is 0. The minimum Gasteiger partial charge on any atom is -0.308 e. The van der Waals surface area contributed by atoms with Gasteiger partial charge in [-0.25, -0.2) is 0 Å². The lowest BCUT2D eigenvalue weighted by molar-refractivity contribution is 0.590. The third kappa shape index (κ3) is 9.76. The molecule has 0 bridgehead atoms. The summed E-state index contributed by atoms with van der Waals surface area (Å²) in [6, 6.07) is 46.8. The molecule has 0 atom stereocenters. The molecule has 0 saturated heterocycles. The van der Waals surface area contributed by atoms with Gasteiger partial charge in [0.25, 0.3) is 0 Å². The molecule has 0 aliphatic carbocycles. The molecule has 7 aromatic carbocycles. The van der Waals surface area contributed by atoms with Gasteiger partial charge in [0.15, 0.2) is 0 Å². The number of nitriles is 2. The predicted molar refractivity (Wildman–Crippen MR) is 361 cm³/mol. The van der Waals surface area contributed by atoms with Gasteiger partial charge in [0.2, 0.25) is 0 Å². The molecule has 0 aliphatic rings. The van der Waals surface area contributed by atoms with Crippen LogP contribution in [0.15, 0.2) is 158 Å². The van der Waals surface area contributed by atoms with E-state index < -0.39 is 0 Å². The van der Waals surface area contributed by atoms with Gasteiger partial charge in [-0.3, -0.25) is 0 Å². The van der Waals surface area contributed by atoms with E-state index in [1.165, 1.54) is 33.4 Å². The van der Waals surface area contributed by atoms with Crippen LogP contribution in [-0.4, -0.2) is 13.7 Å². The maximum atomic E-state index is 12.9. The van der Waals surface area contributed by atoms with E-state index in [-0.39, 0.29) is 32.5 Å². The molecule has 0 fully saturated rings. The molecule has 0 spiro atoms. The van der Waals surface area contributed by atoms with Crippen molar-refractivity contribution in [3.8, 4) is 29.2 Å². The molecule has 0 amide bonds. The second-order valence-corrected chi connectivity index (χ2v) is 29.6. The van der Waals surface area contributed by atoms with Crippen LogP contribution in [-0.2, 0) is 32.5 Å². The molecule has 3 aromatic heterocycles. The van der Waals surface area contributed by atoms with Crippen molar-refractivity contribution >= 4 is 71.1 Å². The summed E-state index contributed by atoms with van der Waals surface area (Å²) in [6.45, 7) is 54.3. The van der Waals surface area contributed by atoms with Crippen LogP contribution in [0.3, 0.4) is 0 Å². The van der Waals surface area contributed by atoms with Gasteiger partial charge in [-0.2, -0.15) is 10.5 Å². The van der Waals surface area contributed by atoms with E-state index in [2.05, 4.69) is 265 Å². The highest BCUT2D eigenvalue weighted by atomic mass is 15.2. The third-order valence-electron chi connectivity index (χ3n) is 17.3. The highest BCUT2D eigenvalue weighted by molar-refractivity contribution is 6.15. The zero-order valence-electron chi connectivity index (χ0n) is 53.8. The molecule has 0 aliphatic heterocycles. The van der Waals surface area contributed by atoms with Crippen LogP contribution in [0.1, 0.15) is 183 Å². The Labute approximate surface area is 500 Å². The average molecular weight is 1110 g/mol. The number of allylic oxidation sites excluding steroid dienone is 4. The molecule has 84 heavy (non-hydrogen) atoms. The highest BCUT2D eigenvalue weighted by Gasteiger charge is 2.37. The van der Waals surface area contributed by atoms with Crippen molar-refractivity contribution in [2.24, 2.45) is 0 Å². The summed E-state index contributed by atoms with van der Waals surface area (Å²) in [4.78, 5) is 2.05. The Kier molecular flexibility index (Phi) is 14.2. The number of hydrogen-bond acceptors (Lipinski definition) is 3. The average Bonchev–Trinajstić information content (AvgIpc) is 1.47. The smallest absolute Gasteiger partial charge is 0.104 e. The Morgan fingerprint density at radius 3 is 0.798 bits per heavy atom. The van der Waals surface area contributed by atoms with Crippen LogP contribution in [0.5, 0.6) is 0 Å². The van der Waals surface area contributed by atoms with E-state index in [0.29, 0.717) is 45.3 Å². The van der Waals surface area contributed by atoms with Crippen LogP contribution in [0.2, 0.25) is 0 Å². The Morgan fingerprint density at radius 2 is 0.583 bits per heavy atom. The number of anilines is 1. The van der Waals surface area contributed by atoms with Gasteiger partial charge in [-0.05, 0) is 165 Å². The first-order valence-electron chi connectivity index (χ1n) is 29.9. The lowest BCUT2D eigenvalue weighted by atomic mass is 9.85. The molecule has 10 rings (SSSR count). The van der Waals surface area contributed by atoms with Crippen molar-refractivity contribution in [2.75, 3.05) is 4.90 Å². The Hall–Kier alpha value is -8.32. The minimum absolute atomic E-state index is 0.164. The molecular formula is C78H86N6. The number of aromatic nitrogens is 3. The molecule has 0 saturated carbocycles. The minimum atomic E-state index is -0.167. The van der Waals surface area contributed by atoms with Crippen molar-refractivity contribution in [3.05, 3.63) is 203 Å². The van der Waals surface area contributed by atoms with E-state index >= 15 is 0 Å². The van der Waals surface area contributed by atoms with Gasteiger partial charge in [-0.1, -0.05) is 186 Å². The maximum absolute atomic E-state index is 12.9. The SMILES string of the molecule is C=C(/C=C\C)N(C(=C)/C=C\C)c1c(C#N)c(-n2c3ccc(C(C)(C)C)cc3c3cc(C(C)(C)C)ccc32)c(C#N)c(-n2c3ccc(C(C)(C)C)cc3c3cc(C(C)(C)C)ccc32)c1-n1c2ccc(C(C)(C)C)cc2c2cc(C(C)(C)C)ccc21. The molecule has 0 N–H and O–H groups in total. The standard InChI is InChI=1S/C78H86N6/c1-23-25-47(3)81(48(4)26-24-2)70-61(45-79)69(82-63-33-27-49(73(5,6)7)39-55(63)56-40-50(74(8,9)10)28-34-64(56)82)62(46-80)71(83-65-35-29-51(75(11,12)13)41-57(65)58-42-52(76(14,15)16)30-36-66(58)83)72(70)84-67-37-31-53(77(17,18)19)43-59(67)60-44-54(78(20,21)22)32-38-68(60)84/h23-44H,3-4H2,1-2,5-22H3/b25-23-,26-24-. The zero-order valence-corrected chi connectivity index (χ0v) is 53.8. The molecule has 3 heterocycles. The van der Waals surface area contributed by atoms with Gasteiger partial charge in [0, 0.05) is 43.7 Å². The first kappa shape index (κ1) is 58.9. The van der Waals surface area contributed by atoms with Crippen molar-refractivity contribution in [1.29, 1.82) is 10.5 Å². The Bertz CT molecular complexity index is 4310. The first-order chi connectivity index (χ1) is 39.1. The normalized spacial score (nSPS) is 13.2. The van der Waals surface area contributed by atoms with Crippen LogP contribution < -0.4 is 4.90 Å². The monoisotopic (exact) mass is 1110 g/mol. The highest BCUT2D eigenvalue weighted by Crippen LogP contribution is 2.52. The Morgan fingerprint density at radius 1 is 0.357 bits per heavy atom. The van der Waals surface area contributed by atoms with E-state index in [1.54, 1.807) is 0 Å². The molecule has 6 nitrogen and oxygen atoms in total. The molecule has 428 valence electrons. The molecule has 0 unspecified atom stereocenters. The first-order valence-corrected chi connectivity index (χ1v) is 29.9. The topological polar surface area (TPSA) is 65.6 Å². The Balaban J connectivity index is 1.60. The van der Waals surface area contributed by atoms with Crippen molar-refractivity contribution < 1.29 is 0 Å². The summed E-state index contributed by atoms with van der Waals surface area (Å²) in [5.74, 6) is 0. The summed E-state index contributed by atoms with van der Waals surface area (Å²) in [5.41, 5.74) is 15.9. The third-order valence-corrected chi connectivity index (χ3v) is 17.3. The van der Waals surface area contributed by atoms with Gasteiger partial charge < -0.3 is 18.6 Å². The van der Waals surface area contributed by atoms with E-state index in [4.69, 9.17) is 13.2 Å². The fourth-order valence-corrected chi connectivity index (χ4v) is 12.4. The number of rotatable bonds is 8. The molecule has 6 heteroatoms. The summed E-state index contributed by atoms with van der Waals surface area (Å²) in [6.07, 6.45) is 7.94. The number of fused-ring (bicyclic) bond motifs is 9. The zero-order chi connectivity index (χ0) is 61.3. The lowest BCUT2D eigenvalue weighted by Crippen LogP contribution is -2.25. The quantitative estimate of drug-likeness (QED) is 0.142. The van der Waals surface area contributed by atoms with Crippen LogP contribution >= 0.6 is 0 Å². The molecule has 0 radical (unpaired) electrons. The lowest BCUT2D eigenvalue weighted by Gasteiger charge is -2.33. The number of benzene rings is 7. The summed E-state index contributed by atoms with van der Waals surface area (Å²) < 4.78 is 6.90. The molecule has 10 aromatic rings. The van der Waals surface area contributed by atoms with Crippen LogP contribution in [0.4, 0.5) is 5.69 Å². The van der Waals surface area contributed by atoms with E-state index in [0.717, 1.165) is 65.4 Å². The predicted octanol–water partition coefficient (Wildman–Crippen LogP) is 21.5. The number of nitrogens with zero attached hydrogens (tertiary/aromatic N) is 6. The van der Waals surface area contributed by atoms with E-state index in [1.807, 2.05) is 38.2 Å².